The monoisotopic (exact) mass is 320 g/mol. The van der Waals surface area contributed by atoms with Gasteiger partial charge in [0.15, 0.2) is 0 Å². The maximum Gasteiger partial charge on any atom is 0.305 e. The van der Waals surface area contributed by atoms with Crippen LogP contribution in [-0.4, -0.2) is 31.6 Å². The molecular weight excluding hydrogens is 292 g/mol. The van der Waals surface area contributed by atoms with E-state index >= 15 is 0 Å². The van der Waals surface area contributed by atoms with Gasteiger partial charge in [-0.3, -0.25) is 9.59 Å². The summed E-state index contributed by atoms with van der Waals surface area (Å²) in [5.41, 5.74) is 6.99. The number of rotatable bonds is 11. The second-order valence-corrected chi connectivity index (χ2v) is 5.68. The Morgan fingerprint density at radius 1 is 1.09 bits per heavy atom. The molecule has 0 aliphatic rings. The molecule has 0 aliphatic heterocycles. The number of nitrogens with one attached hydrogen (secondary N) is 1. The minimum absolute atomic E-state index is 0.0976. The molecule has 5 heteroatoms. The Hall–Kier alpha value is -1.88. The highest BCUT2D eigenvalue weighted by Crippen LogP contribution is 2.06. The van der Waals surface area contributed by atoms with E-state index < -0.39 is 6.04 Å². The number of methoxy groups -OCH3 is 1. The fraction of sp³-hybridized carbons (Fsp3) is 0.556. The highest BCUT2D eigenvalue weighted by molar-refractivity contribution is 5.81. The summed E-state index contributed by atoms with van der Waals surface area (Å²) in [6, 6.07) is 9.28. The van der Waals surface area contributed by atoms with E-state index in [9.17, 15) is 9.59 Å². The fourth-order valence-electron chi connectivity index (χ4n) is 2.33. The molecule has 0 heterocycles. The van der Waals surface area contributed by atoms with Crippen molar-refractivity contribution in [1.82, 2.24) is 5.32 Å². The molecule has 128 valence electrons. The summed E-state index contributed by atoms with van der Waals surface area (Å²) in [6.45, 7) is 0.651. The Labute approximate surface area is 138 Å². The van der Waals surface area contributed by atoms with Crippen molar-refractivity contribution < 1.29 is 14.3 Å². The lowest BCUT2D eigenvalue weighted by molar-refractivity contribution is -0.140. The van der Waals surface area contributed by atoms with Crippen LogP contribution >= 0.6 is 0 Å². The number of amides is 1. The molecule has 0 spiro atoms. The largest absolute Gasteiger partial charge is 0.469 e. The van der Waals surface area contributed by atoms with Gasteiger partial charge >= 0.3 is 5.97 Å². The molecular formula is C18H28N2O3. The summed E-state index contributed by atoms with van der Waals surface area (Å²) >= 11 is 0. The molecule has 0 saturated carbocycles. The zero-order valence-electron chi connectivity index (χ0n) is 13.9. The molecule has 1 aromatic rings. The highest BCUT2D eigenvalue weighted by Gasteiger charge is 2.12. The zero-order valence-corrected chi connectivity index (χ0v) is 13.9. The molecule has 5 nitrogen and oxygen atoms in total. The van der Waals surface area contributed by atoms with Gasteiger partial charge in [-0.25, -0.2) is 0 Å². The Kier molecular flexibility index (Phi) is 9.71. The van der Waals surface area contributed by atoms with Gasteiger partial charge < -0.3 is 15.8 Å². The number of carbonyl (C=O) groups is 2. The molecule has 0 aromatic heterocycles. The maximum absolute atomic E-state index is 11.9. The third-order valence-corrected chi connectivity index (χ3v) is 3.72. The first-order valence-electron chi connectivity index (χ1n) is 8.27. The van der Waals surface area contributed by atoms with E-state index in [1.165, 1.54) is 7.11 Å². The number of esters is 1. The lowest BCUT2D eigenvalue weighted by Gasteiger charge is -2.12. The van der Waals surface area contributed by atoms with E-state index in [2.05, 4.69) is 10.1 Å². The van der Waals surface area contributed by atoms with Crippen LogP contribution in [0, 0.1) is 0 Å². The van der Waals surface area contributed by atoms with Crippen LogP contribution in [0.2, 0.25) is 0 Å². The zero-order chi connectivity index (χ0) is 16.9. The predicted molar refractivity (Wildman–Crippen MR) is 90.8 cm³/mol. The first-order valence-corrected chi connectivity index (χ1v) is 8.27. The second-order valence-electron chi connectivity index (χ2n) is 5.68. The third kappa shape index (κ3) is 8.98. The van der Waals surface area contributed by atoms with Gasteiger partial charge in [-0.1, -0.05) is 49.6 Å². The molecule has 1 rings (SSSR count). The van der Waals surface area contributed by atoms with Crippen molar-refractivity contribution in [2.45, 2.75) is 51.0 Å². The molecule has 1 aromatic carbocycles. The smallest absolute Gasteiger partial charge is 0.305 e. The van der Waals surface area contributed by atoms with Gasteiger partial charge in [0.05, 0.1) is 13.2 Å². The van der Waals surface area contributed by atoms with Crippen LogP contribution in [-0.2, 0) is 20.7 Å². The van der Waals surface area contributed by atoms with Crippen LogP contribution in [0.3, 0.4) is 0 Å². The molecule has 1 amide bonds. The minimum Gasteiger partial charge on any atom is -0.469 e. The SMILES string of the molecule is COC(=O)CCCCCCCNC(=O)[C@@H](N)Cc1ccccc1. The summed E-state index contributed by atoms with van der Waals surface area (Å²) in [5.74, 6) is -0.246. The molecule has 0 radical (unpaired) electrons. The fourth-order valence-corrected chi connectivity index (χ4v) is 2.33. The first-order chi connectivity index (χ1) is 11.1. The van der Waals surface area contributed by atoms with Gasteiger partial charge in [-0.05, 0) is 24.8 Å². The van der Waals surface area contributed by atoms with E-state index in [0.29, 0.717) is 19.4 Å². The maximum atomic E-state index is 11.9. The van der Waals surface area contributed by atoms with Gasteiger partial charge in [0, 0.05) is 13.0 Å². The summed E-state index contributed by atoms with van der Waals surface area (Å²) in [6.07, 6.45) is 5.94. The van der Waals surface area contributed by atoms with Gasteiger partial charge in [-0.15, -0.1) is 0 Å². The Balaban J connectivity index is 2.02. The number of hydrogen-bond donors (Lipinski definition) is 2. The van der Waals surface area contributed by atoms with Crippen LogP contribution in [0.1, 0.15) is 44.1 Å². The minimum atomic E-state index is -0.502. The van der Waals surface area contributed by atoms with Crippen molar-refractivity contribution in [3.05, 3.63) is 35.9 Å². The van der Waals surface area contributed by atoms with Crippen LogP contribution < -0.4 is 11.1 Å². The summed E-state index contributed by atoms with van der Waals surface area (Å²) in [5, 5.41) is 2.88. The molecule has 0 aliphatic carbocycles. The second kappa shape index (κ2) is 11.7. The third-order valence-electron chi connectivity index (χ3n) is 3.72. The van der Waals surface area contributed by atoms with E-state index in [4.69, 9.17) is 5.73 Å². The number of benzene rings is 1. The standard InChI is InChI=1S/C18H28N2O3/c1-23-17(21)12-8-3-2-4-9-13-20-18(22)16(19)14-15-10-6-5-7-11-15/h5-7,10-11,16H,2-4,8-9,12-14,19H2,1H3,(H,20,22)/t16-/m0/s1. The average molecular weight is 320 g/mol. The topological polar surface area (TPSA) is 81.4 Å². The number of hydrogen-bond acceptors (Lipinski definition) is 4. The van der Waals surface area contributed by atoms with Crippen molar-refractivity contribution >= 4 is 11.9 Å². The van der Waals surface area contributed by atoms with Crippen molar-refractivity contribution in [2.24, 2.45) is 5.73 Å². The number of carbonyl (C=O) groups excluding carboxylic acids is 2. The Morgan fingerprint density at radius 3 is 2.43 bits per heavy atom. The van der Waals surface area contributed by atoms with Crippen LogP contribution in [0.5, 0.6) is 0 Å². The van der Waals surface area contributed by atoms with Gasteiger partial charge in [0.1, 0.15) is 0 Å². The van der Waals surface area contributed by atoms with Crippen LogP contribution in [0.4, 0.5) is 0 Å². The van der Waals surface area contributed by atoms with Gasteiger partial charge in [-0.2, -0.15) is 0 Å². The first kappa shape index (κ1) is 19.2. The van der Waals surface area contributed by atoms with E-state index in [0.717, 1.165) is 37.7 Å². The molecule has 3 N–H and O–H groups in total. The normalized spacial score (nSPS) is 11.7. The van der Waals surface area contributed by atoms with Crippen LogP contribution in [0.25, 0.3) is 0 Å². The van der Waals surface area contributed by atoms with Crippen LogP contribution in [0.15, 0.2) is 30.3 Å². The molecule has 23 heavy (non-hydrogen) atoms. The lowest BCUT2D eigenvalue weighted by Crippen LogP contribution is -2.42. The van der Waals surface area contributed by atoms with E-state index in [1.54, 1.807) is 0 Å². The Bertz CT molecular complexity index is 463. The number of nitrogens with two attached hydrogens (primary N) is 1. The molecule has 0 fully saturated rings. The van der Waals surface area contributed by atoms with Gasteiger partial charge in [0.25, 0.3) is 0 Å². The lowest BCUT2D eigenvalue weighted by atomic mass is 10.1. The van der Waals surface area contributed by atoms with E-state index in [1.807, 2.05) is 30.3 Å². The molecule has 1 atom stereocenters. The highest BCUT2D eigenvalue weighted by atomic mass is 16.5. The Morgan fingerprint density at radius 2 is 1.74 bits per heavy atom. The molecule has 0 bridgehead atoms. The average Bonchev–Trinajstić information content (AvgIpc) is 2.57. The van der Waals surface area contributed by atoms with Crippen molar-refractivity contribution in [3.63, 3.8) is 0 Å². The van der Waals surface area contributed by atoms with Gasteiger partial charge in [0.2, 0.25) is 5.91 Å². The van der Waals surface area contributed by atoms with Crippen molar-refractivity contribution in [2.75, 3.05) is 13.7 Å². The number of ether oxygens (including phenoxy) is 1. The van der Waals surface area contributed by atoms with Crippen molar-refractivity contribution in [1.29, 1.82) is 0 Å². The summed E-state index contributed by atoms with van der Waals surface area (Å²) < 4.78 is 4.59. The predicted octanol–water partition coefficient (Wildman–Crippen LogP) is 2.19. The number of unbranched alkanes of at least 4 members (excludes halogenated alkanes) is 4. The summed E-state index contributed by atoms with van der Waals surface area (Å²) in [4.78, 5) is 22.8. The molecule has 0 unspecified atom stereocenters. The quantitative estimate of drug-likeness (QED) is 0.484. The molecule has 0 saturated heterocycles. The summed E-state index contributed by atoms with van der Waals surface area (Å²) in [7, 11) is 1.41. The van der Waals surface area contributed by atoms with Crippen molar-refractivity contribution in [3.8, 4) is 0 Å². The van der Waals surface area contributed by atoms with E-state index in [-0.39, 0.29) is 11.9 Å².